The van der Waals surface area contributed by atoms with Crippen molar-refractivity contribution in [1.29, 1.82) is 0 Å². The molecule has 0 bridgehead atoms. The molecule has 2 aromatic carbocycles. The summed E-state index contributed by atoms with van der Waals surface area (Å²) in [4.78, 5) is 12.3. The molecule has 1 amide bonds. The van der Waals surface area contributed by atoms with E-state index < -0.39 is 0 Å². The second-order valence-electron chi connectivity index (χ2n) is 5.61. The van der Waals surface area contributed by atoms with Crippen LogP contribution in [0.25, 0.3) is 0 Å². The molecule has 2 atom stereocenters. The van der Waals surface area contributed by atoms with Gasteiger partial charge >= 0.3 is 0 Å². The van der Waals surface area contributed by atoms with Gasteiger partial charge in [0, 0.05) is 12.6 Å². The molecule has 0 aromatic heterocycles. The number of hydrogen-bond acceptors (Lipinski definition) is 4. The quantitative estimate of drug-likeness (QED) is 0.789. The lowest BCUT2D eigenvalue weighted by molar-refractivity contribution is -0.123. The normalized spacial score (nSPS) is 20.2. The summed E-state index contributed by atoms with van der Waals surface area (Å²) in [6.07, 6.45) is 0.730. The van der Waals surface area contributed by atoms with E-state index in [-0.39, 0.29) is 18.0 Å². The molecule has 0 aliphatic carbocycles. The van der Waals surface area contributed by atoms with E-state index in [1.165, 1.54) is 5.56 Å². The standard InChI is InChI=1S/C18H21N3O2/c1-23-15-9-5-6-13(10-15)12-19-18(22)17-11-16(20-21-17)14-7-3-2-4-8-14/h2-10,16-17,20-21H,11-12H2,1H3,(H,19,22). The van der Waals surface area contributed by atoms with Gasteiger partial charge in [-0.3, -0.25) is 4.79 Å². The van der Waals surface area contributed by atoms with Gasteiger partial charge < -0.3 is 10.1 Å². The molecule has 2 aromatic rings. The van der Waals surface area contributed by atoms with Crippen LogP contribution in [0.4, 0.5) is 0 Å². The Morgan fingerprint density at radius 3 is 2.78 bits per heavy atom. The lowest BCUT2D eigenvalue weighted by Crippen LogP contribution is -2.42. The van der Waals surface area contributed by atoms with Gasteiger partial charge in [0.1, 0.15) is 11.8 Å². The van der Waals surface area contributed by atoms with Crippen LogP contribution in [-0.2, 0) is 11.3 Å². The summed E-state index contributed by atoms with van der Waals surface area (Å²) in [5.74, 6) is 0.792. The molecule has 2 unspecified atom stereocenters. The highest BCUT2D eigenvalue weighted by molar-refractivity contribution is 5.82. The average Bonchev–Trinajstić information content (AvgIpc) is 3.11. The van der Waals surface area contributed by atoms with Crippen molar-refractivity contribution in [2.75, 3.05) is 7.11 Å². The number of rotatable bonds is 5. The molecule has 3 rings (SSSR count). The second kappa shape index (κ2) is 7.26. The SMILES string of the molecule is COc1cccc(CNC(=O)C2CC(c3ccccc3)NN2)c1. The molecule has 1 aliphatic heterocycles. The first kappa shape index (κ1) is 15.5. The van der Waals surface area contributed by atoms with E-state index in [0.29, 0.717) is 6.54 Å². The number of benzene rings is 2. The van der Waals surface area contributed by atoms with Crippen LogP contribution in [0.15, 0.2) is 54.6 Å². The monoisotopic (exact) mass is 311 g/mol. The Balaban J connectivity index is 1.53. The van der Waals surface area contributed by atoms with Crippen LogP contribution < -0.4 is 20.9 Å². The molecule has 5 nitrogen and oxygen atoms in total. The highest BCUT2D eigenvalue weighted by Gasteiger charge is 2.29. The number of ether oxygens (including phenoxy) is 1. The van der Waals surface area contributed by atoms with E-state index in [1.54, 1.807) is 7.11 Å². The maximum absolute atomic E-state index is 12.3. The van der Waals surface area contributed by atoms with Crippen molar-refractivity contribution in [2.45, 2.75) is 25.0 Å². The molecule has 23 heavy (non-hydrogen) atoms. The van der Waals surface area contributed by atoms with E-state index in [9.17, 15) is 4.79 Å². The van der Waals surface area contributed by atoms with Crippen molar-refractivity contribution in [1.82, 2.24) is 16.2 Å². The Labute approximate surface area is 136 Å². The third-order valence-electron chi connectivity index (χ3n) is 4.02. The predicted octanol–water partition coefficient (Wildman–Crippen LogP) is 1.92. The smallest absolute Gasteiger partial charge is 0.238 e. The first-order valence-corrected chi connectivity index (χ1v) is 7.73. The molecule has 1 fully saturated rings. The summed E-state index contributed by atoms with van der Waals surface area (Å²) in [5, 5.41) is 2.97. The summed E-state index contributed by atoms with van der Waals surface area (Å²) < 4.78 is 5.19. The van der Waals surface area contributed by atoms with Crippen molar-refractivity contribution < 1.29 is 9.53 Å². The van der Waals surface area contributed by atoms with Crippen molar-refractivity contribution in [3.05, 3.63) is 65.7 Å². The lowest BCUT2D eigenvalue weighted by Gasteiger charge is -2.11. The summed E-state index contributed by atoms with van der Waals surface area (Å²) in [7, 11) is 1.63. The van der Waals surface area contributed by atoms with Crippen LogP contribution in [0.1, 0.15) is 23.6 Å². The fourth-order valence-electron chi connectivity index (χ4n) is 2.73. The largest absolute Gasteiger partial charge is 0.497 e. The summed E-state index contributed by atoms with van der Waals surface area (Å²) >= 11 is 0. The van der Waals surface area contributed by atoms with Crippen molar-refractivity contribution in [3.8, 4) is 5.75 Å². The Morgan fingerprint density at radius 2 is 2.00 bits per heavy atom. The van der Waals surface area contributed by atoms with Crippen LogP contribution >= 0.6 is 0 Å². The number of hydrogen-bond donors (Lipinski definition) is 3. The van der Waals surface area contributed by atoms with Gasteiger partial charge in [-0.25, -0.2) is 10.9 Å². The van der Waals surface area contributed by atoms with Gasteiger partial charge in [-0.1, -0.05) is 42.5 Å². The van der Waals surface area contributed by atoms with Crippen molar-refractivity contribution in [3.63, 3.8) is 0 Å². The third-order valence-corrected chi connectivity index (χ3v) is 4.02. The Hall–Kier alpha value is -2.37. The van der Waals surface area contributed by atoms with Crippen molar-refractivity contribution in [2.24, 2.45) is 0 Å². The third kappa shape index (κ3) is 3.88. The minimum Gasteiger partial charge on any atom is -0.497 e. The minimum atomic E-state index is -0.231. The number of amides is 1. The number of methoxy groups -OCH3 is 1. The molecule has 0 saturated carbocycles. The molecular weight excluding hydrogens is 290 g/mol. The van der Waals surface area contributed by atoms with Crippen LogP contribution in [0.5, 0.6) is 5.75 Å². The second-order valence-corrected chi connectivity index (χ2v) is 5.61. The first-order valence-electron chi connectivity index (χ1n) is 7.73. The predicted molar refractivity (Wildman–Crippen MR) is 88.7 cm³/mol. The van der Waals surface area contributed by atoms with Gasteiger partial charge in [-0.05, 0) is 29.7 Å². The zero-order valence-electron chi connectivity index (χ0n) is 13.1. The van der Waals surface area contributed by atoms with E-state index in [2.05, 4.69) is 28.3 Å². The van der Waals surface area contributed by atoms with Crippen molar-refractivity contribution >= 4 is 5.91 Å². The van der Waals surface area contributed by atoms with Crippen LogP contribution in [0, 0.1) is 0 Å². The van der Waals surface area contributed by atoms with Gasteiger partial charge in [0.2, 0.25) is 5.91 Å². The first-order chi connectivity index (χ1) is 11.3. The zero-order chi connectivity index (χ0) is 16.1. The Bertz CT molecular complexity index is 660. The fraction of sp³-hybridized carbons (Fsp3) is 0.278. The summed E-state index contributed by atoms with van der Waals surface area (Å²) in [5.41, 5.74) is 8.47. The molecule has 0 spiro atoms. The number of hydrazine groups is 1. The molecule has 1 saturated heterocycles. The topological polar surface area (TPSA) is 62.4 Å². The number of nitrogens with one attached hydrogen (secondary N) is 3. The van der Waals surface area contributed by atoms with Crippen LogP contribution in [-0.4, -0.2) is 19.1 Å². The zero-order valence-corrected chi connectivity index (χ0v) is 13.1. The lowest BCUT2D eigenvalue weighted by atomic mass is 10.0. The minimum absolute atomic E-state index is 0.00116. The molecule has 0 radical (unpaired) electrons. The molecular formula is C18H21N3O2. The summed E-state index contributed by atoms with van der Waals surface area (Å²) in [6, 6.07) is 17.8. The maximum Gasteiger partial charge on any atom is 0.238 e. The van der Waals surface area contributed by atoms with E-state index in [4.69, 9.17) is 4.74 Å². The van der Waals surface area contributed by atoms with Crippen LogP contribution in [0.2, 0.25) is 0 Å². The van der Waals surface area contributed by atoms with E-state index in [1.807, 2.05) is 42.5 Å². The maximum atomic E-state index is 12.3. The van der Waals surface area contributed by atoms with Crippen LogP contribution in [0.3, 0.4) is 0 Å². The molecule has 1 aliphatic rings. The van der Waals surface area contributed by atoms with E-state index >= 15 is 0 Å². The van der Waals surface area contributed by atoms with Gasteiger partial charge in [0.25, 0.3) is 0 Å². The molecule has 1 heterocycles. The fourth-order valence-corrected chi connectivity index (χ4v) is 2.73. The number of carbonyl (C=O) groups excluding carboxylic acids is 1. The van der Waals surface area contributed by atoms with Gasteiger partial charge in [-0.15, -0.1) is 0 Å². The summed E-state index contributed by atoms with van der Waals surface area (Å²) in [6.45, 7) is 0.490. The van der Waals surface area contributed by atoms with E-state index in [0.717, 1.165) is 17.7 Å². The molecule has 120 valence electrons. The van der Waals surface area contributed by atoms with Gasteiger partial charge in [0.15, 0.2) is 0 Å². The molecule has 3 N–H and O–H groups in total. The highest BCUT2D eigenvalue weighted by atomic mass is 16.5. The average molecular weight is 311 g/mol. The van der Waals surface area contributed by atoms with Gasteiger partial charge in [-0.2, -0.15) is 0 Å². The Morgan fingerprint density at radius 1 is 1.17 bits per heavy atom. The Kier molecular flexibility index (Phi) is 4.90. The highest BCUT2D eigenvalue weighted by Crippen LogP contribution is 2.21. The number of carbonyl (C=O) groups is 1. The van der Waals surface area contributed by atoms with Gasteiger partial charge in [0.05, 0.1) is 7.11 Å². The molecule has 5 heteroatoms.